The molecule has 0 amide bonds. The van der Waals surface area contributed by atoms with Crippen molar-refractivity contribution in [3.8, 4) is 0 Å². The molecule has 2 rings (SSSR count). The Morgan fingerprint density at radius 3 is 2.50 bits per heavy atom. The van der Waals surface area contributed by atoms with Crippen molar-refractivity contribution >= 4 is 11.3 Å². The number of nitrogens with two attached hydrogens (primary N) is 1. The van der Waals surface area contributed by atoms with Crippen molar-refractivity contribution in [2.24, 2.45) is 5.73 Å². The lowest BCUT2D eigenvalue weighted by Crippen LogP contribution is -2.12. The number of aromatic nitrogens is 1. The minimum Gasteiger partial charge on any atom is -0.319 e. The molecule has 2 aromatic rings. The lowest BCUT2D eigenvalue weighted by Gasteiger charge is -2.09. The maximum absolute atomic E-state index is 6.17. The Morgan fingerprint density at radius 2 is 2.00 bits per heavy atom. The average molecular weight is 232 g/mol. The molecule has 0 bridgehead atoms. The van der Waals surface area contributed by atoms with Crippen LogP contribution >= 0.6 is 11.3 Å². The van der Waals surface area contributed by atoms with Crippen LogP contribution in [0.25, 0.3) is 0 Å². The molecular weight excluding hydrogens is 216 g/mol. The zero-order chi connectivity index (χ0) is 11.5. The summed E-state index contributed by atoms with van der Waals surface area (Å²) in [5, 5.41) is 3.10. The van der Waals surface area contributed by atoms with E-state index in [-0.39, 0.29) is 6.04 Å². The summed E-state index contributed by atoms with van der Waals surface area (Å²) < 4.78 is 0. The molecule has 84 valence electrons. The van der Waals surface area contributed by atoms with Crippen LogP contribution in [0.15, 0.2) is 29.6 Å². The van der Waals surface area contributed by atoms with Gasteiger partial charge < -0.3 is 5.73 Å². The fourth-order valence-electron chi connectivity index (χ4n) is 1.65. The lowest BCUT2D eigenvalue weighted by atomic mass is 10.0. The van der Waals surface area contributed by atoms with Crippen molar-refractivity contribution in [2.45, 2.75) is 26.3 Å². The van der Waals surface area contributed by atoms with E-state index in [1.807, 2.05) is 12.3 Å². The maximum atomic E-state index is 6.17. The highest BCUT2D eigenvalue weighted by atomic mass is 32.1. The van der Waals surface area contributed by atoms with Gasteiger partial charge in [0, 0.05) is 5.38 Å². The summed E-state index contributed by atoms with van der Waals surface area (Å²) in [6, 6.07) is 8.36. The Kier molecular flexibility index (Phi) is 3.36. The third-order valence-electron chi connectivity index (χ3n) is 2.70. The first-order valence-electron chi connectivity index (χ1n) is 5.47. The van der Waals surface area contributed by atoms with Crippen molar-refractivity contribution < 1.29 is 0 Å². The quantitative estimate of drug-likeness (QED) is 0.883. The van der Waals surface area contributed by atoms with Crippen LogP contribution in [0.4, 0.5) is 0 Å². The third-order valence-corrected chi connectivity index (χ3v) is 3.49. The van der Waals surface area contributed by atoms with Crippen molar-refractivity contribution in [3.05, 3.63) is 51.5 Å². The predicted molar refractivity (Wildman–Crippen MR) is 68.7 cm³/mol. The Balaban J connectivity index is 2.23. The van der Waals surface area contributed by atoms with Crippen LogP contribution in [0.5, 0.6) is 0 Å². The molecule has 1 unspecified atom stereocenters. The third kappa shape index (κ3) is 2.31. The van der Waals surface area contributed by atoms with Gasteiger partial charge in [-0.3, -0.25) is 0 Å². The number of thiazole rings is 1. The van der Waals surface area contributed by atoms with E-state index in [0.29, 0.717) is 0 Å². The first-order valence-corrected chi connectivity index (χ1v) is 6.35. The molecule has 1 atom stereocenters. The average Bonchev–Trinajstić information content (AvgIpc) is 2.75. The maximum Gasteiger partial charge on any atom is 0.0898 e. The van der Waals surface area contributed by atoms with Crippen LogP contribution in [0.3, 0.4) is 0 Å². The summed E-state index contributed by atoms with van der Waals surface area (Å²) in [7, 11) is 0. The number of hydrogen-bond donors (Lipinski definition) is 1. The summed E-state index contributed by atoms with van der Waals surface area (Å²) >= 11 is 1.64. The number of rotatable bonds is 3. The summed E-state index contributed by atoms with van der Waals surface area (Å²) in [4.78, 5) is 4.42. The monoisotopic (exact) mass is 232 g/mol. The molecule has 0 aliphatic carbocycles. The van der Waals surface area contributed by atoms with Gasteiger partial charge in [-0.15, -0.1) is 11.3 Å². The molecule has 1 heterocycles. The van der Waals surface area contributed by atoms with Crippen molar-refractivity contribution in [1.82, 2.24) is 4.98 Å². The minimum absolute atomic E-state index is 0.101. The fourth-order valence-corrected chi connectivity index (χ4v) is 2.30. The topological polar surface area (TPSA) is 38.9 Å². The van der Waals surface area contributed by atoms with E-state index >= 15 is 0 Å². The van der Waals surface area contributed by atoms with Gasteiger partial charge in [-0.25, -0.2) is 4.98 Å². The van der Waals surface area contributed by atoms with E-state index < -0.39 is 0 Å². The molecule has 2 nitrogen and oxygen atoms in total. The van der Waals surface area contributed by atoms with Crippen molar-refractivity contribution in [2.75, 3.05) is 0 Å². The molecule has 16 heavy (non-hydrogen) atoms. The summed E-state index contributed by atoms with van der Waals surface area (Å²) in [5.41, 5.74) is 9.60. The highest BCUT2D eigenvalue weighted by Crippen LogP contribution is 2.21. The highest BCUT2D eigenvalue weighted by Gasteiger charge is 2.11. The SMILES string of the molecule is CCc1ccc(C(N)c2csc(C)n2)cc1. The zero-order valence-electron chi connectivity index (χ0n) is 9.60. The number of nitrogens with zero attached hydrogens (tertiary/aromatic N) is 1. The normalized spacial score (nSPS) is 12.7. The Labute approximate surface area is 100 Å². The summed E-state index contributed by atoms with van der Waals surface area (Å²) in [5.74, 6) is 0. The molecule has 0 saturated heterocycles. The van der Waals surface area contributed by atoms with Crippen LogP contribution in [0.2, 0.25) is 0 Å². The molecule has 0 spiro atoms. The van der Waals surface area contributed by atoms with Gasteiger partial charge in [-0.2, -0.15) is 0 Å². The molecule has 1 aromatic heterocycles. The van der Waals surface area contributed by atoms with Crippen LogP contribution in [0, 0.1) is 6.92 Å². The van der Waals surface area contributed by atoms with Crippen molar-refractivity contribution in [1.29, 1.82) is 0 Å². The van der Waals surface area contributed by atoms with Gasteiger partial charge in [0.25, 0.3) is 0 Å². The Bertz CT molecular complexity index is 459. The molecule has 1 aromatic carbocycles. The first-order chi connectivity index (χ1) is 7.70. The van der Waals surface area contributed by atoms with Crippen LogP contribution < -0.4 is 5.73 Å². The largest absolute Gasteiger partial charge is 0.319 e. The van der Waals surface area contributed by atoms with Gasteiger partial charge in [0.15, 0.2) is 0 Å². The number of hydrogen-bond acceptors (Lipinski definition) is 3. The van der Waals surface area contributed by atoms with Crippen LogP contribution in [-0.4, -0.2) is 4.98 Å². The van der Waals surface area contributed by atoms with E-state index in [2.05, 4.69) is 36.2 Å². The van der Waals surface area contributed by atoms with Gasteiger partial charge in [0.1, 0.15) is 0 Å². The van der Waals surface area contributed by atoms with Gasteiger partial charge in [0.05, 0.1) is 16.7 Å². The molecule has 0 fully saturated rings. The van der Waals surface area contributed by atoms with Gasteiger partial charge in [-0.05, 0) is 24.5 Å². The van der Waals surface area contributed by atoms with Crippen molar-refractivity contribution in [3.63, 3.8) is 0 Å². The van der Waals surface area contributed by atoms with Gasteiger partial charge in [0.2, 0.25) is 0 Å². The second kappa shape index (κ2) is 4.76. The molecule has 0 radical (unpaired) electrons. The Morgan fingerprint density at radius 1 is 1.31 bits per heavy atom. The lowest BCUT2D eigenvalue weighted by molar-refractivity contribution is 0.833. The van der Waals surface area contributed by atoms with Gasteiger partial charge in [-0.1, -0.05) is 31.2 Å². The number of benzene rings is 1. The first kappa shape index (κ1) is 11.3. The van der Waals surface area contributed by atoms with E-state index in [4.69, 9.17) is 5.73 Å². The second-order valence-electron chi connectivity index (χ2n) is 3.86. The van der Waals surface area contributed by atoms with Crippen LogP contribution in [-0.2, 0) is 6.42 Å². The van der Waals surface area contributed by atoms with E-state index in [0.717, 1.165) is 22.7 Å². The van der Waals surface area contributed by atoms with E-state index in [1.165, 1.54) is 5.56 Å². The minimum atomic E-state index is -0.101. The molecule has 0 aliphatic heterocycles. The zero-order valence-corrected chi connectivity index (χ0v) is 10.4. The molecule has 0 aliphatic rings. The van der Waals surface area contributed by atoms with E-state index in [1.54, 1.807) is 11.3 Å². The molecular formula is C13H16N2S. The summed E-state index contributed by atoms with van der Waals surface area (Å²) in [6.45, 7) is 4.15. The number of aryl methyl sites for hydroxylation is 2. The van der Waals surface area contributed by atoms with Gasteiger partial charge >= 0.3 is 0 Å². The second-order valence-corrected chi connectivity index (χ2v) is 4.93. The molecule has 3 heteroatoms. The Hall–Kier alpha value is -1.19. The molecule has 2 N–H and O–H groups in total. The molecule has 0 saturated carbocycles. The van der Waals surface area contributed by atoms with Crippen LogP contribution in [0.1, 0.15) is 34.8 Å². The van der Waals surface area contributed by atoms with E-state index in [9.17, 15) is 0 Å². The smallest absolute Gasteiger partial charge is 0.0898 e. The fraction of sp³-hybridized carbons (Fsp3) is 0.308. The predicted octanol–water partition coefficient (Wildman–Crippen LogP) is 3.06. The standard InChI is InChI=1S/C13H16N2S/c1-3-10-4-6-11(7-5-10)13(14)12-8-16-9(2)15-12/h4-8,13H,3,14H2,1-2H3. The highest BCUT2D eigenvalue weighted by molar-refractivity contribution is 7.09. The summed E-state index contributed by atoms with van der Waals surface area (Å²) in [6.07, 6.45) is 1.06.